The Balaban J connectivity index is 0.00000177. The molecule has 0 bridgehead atoms. The molecule has 0 aliphatic carbocycles. The Bertz CT molecular complexity index is 891. The van der Waals surface area contributed by atoms with Gasteiger partial charge in [0.2, 0.25) is 0 Å². The lowest BCUT2D eigenvalue weighted by Gasteiger charge is -2.11. The van der Waals surface area contributed by atoms with Crippen molar-refractivity contribution in [1.29, 1.82) is 5.41 Å². The number of amidine groups is 1. The molecule has 1 heterocycles. The lowest BCUT2D eigenvalue weighted by atomic mass is 9.97. The third-order valence-electron chi connectivity index (χ3n) is 3.94. The van der Waals surface area contributed by atoms with Crippen LogP contribution in [0.25, 0.3) is 0 Å². The van der Waals surface area contributed by atoms with Gasteiger partial charge in [0.1, 0.15) is 17.9 Å². The fourth-order valence-electron chi connectivity index (χ4n) is 2.50. The highest BCUT2D eigenvalue weighted by Crippen LogP contribution is 2.19. The second-order valence-corrected chi connectivity index (χ2v) is 6.52. The maximum Gasteiger partial charge on any atom is 0.200 e. The number of nitrogen functional groups attached to an aromatic ring is 1. The van der Waals surface area contributed by atoms with E-state index in [1.54, 1.807) is 48.8 Å². The molecule has 0 aliphatic heterocycles. The molecule has 1 aromatic heterocycles. The molecule has 0 fully saturated rings. The molecule has 0 saturated carbocycles. The summed E-state index contributed by atoms with van der Waals surface area (Å²) in [5, 5.41) is 10.0. The maximum atomic E-state index is 12.0. The number of hydrogen-bond acceptors (Lipinski definition) is 5. The van der Waals surface area contributed by atoms with Gasteiger partial charge in [0.15, 0.2) is 5.78 Å². The number of hydrogen-bond donors (Lipinski definition) is 4. The molecule has 0 radical (unpaired) electrons. The van der Waals surface area contributed by atoms with Crippen molar-refractivity contribution in [2.24, 2.45) is 16.6 Å². The molecule has 0 aliphatic rings. The van der Waals surface area contributed by atoms with Gasteiger partial charge in [-0.3, -0.25) is 15.2 Å². The van der Waals surface area contributed by atoms with Gasteiger partial charge < -0.3 is 16.8 Å². The van der Waals surface area contributed by atoms with Crippen LogP contribution < -0.4 is 16.8 Å². The first-order chi connectivity index (χ1) is 15.4. The van der Waals surface area contributed by atoms with Crippen molar-refractivity contribution in [3.63, 3.8) is 0 Å². The highest BCUT2D eigenvalue weighted by atomic mass is 16.1. The minimum atomic E-state index is -0.0641. The van der Waals surface area contributed by atoms with E-state index in [0.717, 1.165) is 17.5 Å². The van der Waals surface area contributed by atoms with Crippen molar-refractivity contribution in [3.8, 4) is 0 Å². The van der Waals surface area contributed by atoms with Crippen LogP contribution in [0.15, 0.2) is 72.5 Å². The summed E-state index contributed by atoms with van der Waals surface area (Å²) in [5.74, 6) is 0.413. The normalized spacial score (nSPS) is 11.3. The summed E-state index contributed by atoms with van der Waals surface area (Å²) in [6.45, 7) is 11.5. The number of pyridine rings is 1. The minimum Gasteiger partial charge on any atom is -0.399 e. The highest BCUT2D eigenvalue weighted by molar-refractivity contribution is 6.01. The van der Waals surface area contributed by atoms with Crippen LogP contribution in [0.3, 0.4) is 0 Å². The topological polar surface area (TPSA) is 130 Å². The van der Waals surface area contributed by atoms with Gasteiger partial charge in [-0.05, 0) is 61.4 Å². The molecule has 7 nitrogen and oxygen atoms in total. The summed E-state index contributed by atoms with van der Waals surface area (Å²) in [6, 6.07) is 10.7. The van der Waals surface area contributed by atoms with Crippen molar-refractivity contribution in [2.45, 2.75) is 34.1 Å². The first kappa shape index (κ1) is 28.3. The van der Waals surface area contributed by atoms with Gasteiger partial charge in [0, 0.05) is 17.4 Å². The molecular formula is C25H36N6O. The molecule has 32 heavy (non-hydrogen) atoms. The first-order valence-electron chi connectivity index (χ1n) is 10.5. The smallest absolute Gasteiger partial charge is 0.200 e. The Morgan fingerprint density at radius 2 is 2.00 bits per heavy atom. The van der Waals surface area contributed by atoms with Gasteiger partial charge in [-0.1, -0.05) is 39.0 Å². The lowest BCUT2D eigenvalue weighted by Crippen LogP contribution is -2.19. The zero-order valence-corrected chi connectivity index (χ0v) is 19.5. The molecule has 2 aromatic rings. The zero-order chi connectivity index (χ0) is 24.4. The number of Topliss-reactive ketones (excluding diaryl/α,β-unsaturated/α-hetero) is 1. The van der Waals surface area contributed by atoms with Crippen LogP contribution in [0.4, 0.5) is 5.69 Å². The number of carbonyl (C=O) groups excluding carboxylic acids is 1. The van der Waals surface area contributed by atoms with Crippen LogP contribution in [0.1, 0.15) is 49.3 Å². The summed E-state index contributed by atoms with van der Waals surface area (Å²) in [7, 11) is 0. The minimum absolute atomic E-state index is 0.0641. The number of nitrogens with zero attached hydrogens (tertiary/aromatic N) is 2. The number of aromatic nitrogens is 1. The predicted molar refractivity (Wildman–Crippen MR) is 136 cm³/mol. The number of allylic oxidation sites excluding steroid dienone is 2. The van der Waals surface area contributed by atoms with E-state index in [1.807, 2.05) is 32.9 Å². The molecule has 0 saturated heterocycles. The molecule has 0 spiro atoms. The molecule has 2 rings (SSSR count). The number of carbonyl (C=O) groups is 1. The van der Waals surface area contributed by atoms with Gasteiger partial charge in [0.05, 0.1) is 6.54 Å². The standard InChI is InChI=1S/C20H24N6O.C3H6.C2H6/c1-14(7-9-24-12-19(27)18-4-2-3-8-25-18)10-16-11-15(5-6-17(16)22)20(23)26-13-21;1-3-2;1-2/h2-9,11,13-14,24H,10,12,22H2,1H3,(H3,21,23,26);3H,1H2,2H3;1-2H3/b9-7+;;. The predicted octanol–water partition coefficient (Wildman–Crippen LogP) is 4.36. The number of ketones is 1. The van der Waals surface area contributed by atoms with Crippen LogP contribution >= 0.6 is 0 Å². The lowest BCUT2D eigenvalue weighted by molar-refractivity contribution is 0.0990. The van der Waals surface area contributed by atoms with E-state index in [1.165, 1.54) is 0 Å². The zero-order valence-electron chi connectivity index (χ0n) is 19.5. The van der Waals surface area contributed by atoms with Gasteiger partial charge in [-0.2, -0.15) is 0 Å². The van der Waals surface area contributed by atoms with Crippen LogP contribution in [0.2, 0.25) is 0 Å². The third kappa shape index (κ3) is 10.9. The van der Waals surface area contributed by atoms with Gasteiger partial charge in [0.25, 0.3) is 0 Å². The van der Waals surface area contributed by atoms with Crippen LogP contribution in [-0.2, 0) is 6.42 Å². The molecule has 1 atom stereocenters. The SMILES string of the molecule is C=CC.CC.CC(/C=C/NCC(=O)c1ccccn1)Cc1cc(C(N)=NC=N)ccc1N. The molecule has 6 N–H and O–H groups in total. The van der Waals surface area contributed by atoms with Crippen molar-refractivity contribution in [3.05, 3.63) is 84.3 Å². The summed E-state index contributed by atoms with van der Waals surface area (Å²) >= 11 is 0. The fraction of sp³-hybridized carbons (Fsp3) is 0.280. The molecule has 1 aromatic carbocycles. The summed E-state index contributed by atoms with van der Waals surface area (Å²) in [5.41, 5.74) is 14.7. The van der Waals surface area contributed by atoms with Gasteiger partial charge in [-0.25, -0.2) is 4.99 Å². The molecule has 172 valence electrons. The Labute approximate surface area is 191 Å². The second kappa shape index (κ2) is 17.0. The third-order valence-corrected chi connectivity index (χ3v) is 3.94. The number of benzene rings is 1. The van der Waals surface area contributed by atoms with Crippen molar-refractivity contribution < 1.29 is 4.79 Å². The molecule has 0 amide bonds. The Kier molecular flexibility index (Phi) is 15.0. The summed E-state index contributed by atoms with van der Waals surface area (Å²) in [4.78, 5) is 19.8. The first-order valence-corrected chi connectivity index (χ1v) is 10.5. The quantitative estimate of drug-likeness (QED) is 0.152. The van der Waals surface area contributed by atoms with Gasteiger partial charge in [-0.15, -0.1) is 6.58 Å². The Morgan fingerprint density at radius 3 is 2.59 bits per heavy atom. The molecular weight excluding hydrogens is 400 g/mol. The largest absolute Gasteiger partial charge is 0.399 e. The Morgan fingerprint density at radius 1 is 1.31 bits per heavy atom. The van der Waals surface area contributed by atoms with E-state index >= 15 is 0 Å². The molecule has 1 unspecified atom stereocenters. The second-order valence-electron chi connectivity index (χ2n) is 6.52. The van der Waals surface area contributed by atoms with E-state index in [-0.39, 0.29) is 24.1 Å². The Hall–Kier alpha value is -3.74. The number of aliphatic imine (C=N–C) groups is 1. The van der Waals surface area contributed by atoms with Crippen LogP contribution in [-0.4, -0.2) is 29.5 Å². The van der Waals surface area contributed by atoms with E-state index in [2.05, 4.69) is 28.8 Å². The average Bonchev–Trinajstić information content (AvgIpc) is 2.80. The fourth-order valence-corrected chi connectivity index (χ4v) is 2.50. The number of nitrogens with two attached hydrogens (primary N) is 2. The van der Waals surface area contributed by atoms with Crippen molar-refractivity contribution in [1.82, 2.24) is 10.3 Å². The number of rotatable bonds is 9. The van der Waals surface area contributed by atoms with E-state index in [9.17, 15) is 4.79 Å². The highest BCUT2D eigenvalue weighted by Gasteiger charge is 2.08. The number of anilines is 1. The van der Waals surface area contributed by atoms with Crippen LogP contribution in [0, 0.1) is 11.3 Å². The maximum absolute atomic E-state index is 12.0. The van der Waals surface area contributed by atoms with Crippen molar-refractivity contribution in [2.75, 3.05) is 12.3 Å². The van der Waals surface area contributed by atoms with Gasteiger partial charge >= 0.3 is 0 Å². The average molecular weight is 437 g/mol. The molecule has 7 heteroatoms. The van der Waals surface area contributed by atoms with E-state index in [0.29, 0.717) is 17.8 Å². The van der Waals surface area contributed by atoms with E-state index < -0.39 is 0 Å². The van der Waals surface area contributed by atoms with E-state index in [4.69, 9.17) is 16.9 Å². The van der Waals surface area contributed by atoms with Crippen molar-refractivity contribution >= 4 is 23.6 Å². The summed E-state index contributed by atoms with van der Waals surface area (Å²) < 4.78 is 0. The van der Waals surface area contributed by atoms with Crippen LogP contribution in [0.5, 0.6) is 0 Å². The monoisotopic (exact) mass is 436 g/mol. The number of nitrogens with one attached hydrogen (secondary N) is 2. The summed E-state index contributed by atoms with van der Waals surface area (Å²) in [6.07, 6.45) is 8.73.